The third kappa shape index (κ3) is 8.00. The third-order valence-corrected chi connectivity index (χ3v) is 5.62. The highest BCUT2D eigenvalue weighted by Gasteiger charge is 2.12. The Kier molecular flexibility index (Phi) is 8.73. The van der Waals surface area contributed by atoms with E-state index in [4.69, 9.17) is 9.15 Å². The second kappa shape index (κ2) is 11.7. The maximum absolute atomic E-state index is 12.1. The van der Waals surface area contributed by atoms with Gasteiger partial charge in [0.05, 0.1) is 38.0 Å². The summed E-state index contributed by atoms with van der Waals surface area (Å²) in [5, 5.41) is 2.69. The zero-order valence-corrected chi connectivity index (χ0v) is 17.3. The first-order chi connectivity index (χ1) is 14.2. The monoisotopic (exact) mass is 417 g/mol. The lowest BCUT2D eigenvalue weighted by Gasteiger charge is -2.26. The van der Waals surface area contributed by atoms with Gasteiger partial charge in [0, 0.05) is 49.3 Å². The molecule has 2 aromatic rings. The molecule has 3 heterocycles. The van der Waals surface area contributed by atoms with Gasteiger partial charge in [-0.3, -0.25) is 19.5 Å². The molecule has 0 saturated carbocycles. The van der Waals surface area contributed by atoms with Crippen molar-refractivity contribution in [3.63, 3.8) is 0 Å². The van der Waals surface area contributed by atoms with Gasteiger partial charge in [0.25, 0.3) is 0 Å². The summed E-state index contributed by atoms with van der Waals surface area (Å²) in [5.41, 5.74) is 3.15. The van der Waals surface area contributed by atoms with E-state index >= 15 is 0 Å². The average Bonchev–Trinajstić information content (AvgIpc) is 3.25. The second-order valence-electron chi connectivity index (χ2n) is 6.98. The Morgan fingerprint density at radius 2 is 2.07 bits per heavy atom. The first kappa shape index (κ1) is 21.5. The van der Waals surface area contributed by atoms with E-state index in [1.807, 2.05) is 12.1 Å². The largest absolute Gasteiger partial charge is 0.472 e. The highest BCUT2D eigenvalue weighted by molar-refractivity contribution is 7.99. The summed E-state index contributed by atoms with van der Waals surface area (Å²) in [7, 11) is 0. The van der Waals surface area contributed by atoms with Crippen molar-refractivity contribution < 1.29 is 18.7 Å². The molecule has 29 heavy (non-hydrogen) atoms. The molecule has 2 aromatic heterocycles. The number of morpholine rings is 1. The molecule has 1 aliphatic heterocycles. The summed E-state index contributed by atoms with van der Waals surface area (Å²) in [6.45, 7) is 4.38. The van der Waals surface area contributed by atoms with Crippen LogP contribution in [0.15, 0.2) is 41.3 Å². The van der Waals surface area contributed by atoms with Crippen LogP contribution in [-0.4, -0.2) is 60.2 Å². The number of rotatable bonds is 11. The van der Waals surface area contributed by atoms with Crippen molar-refractivity contribution in [2.75, 3.05) is 38.6 Å². The molecule has 0 spiro atoms. The van der Waals surface area contributed by atoms with Crippen LogP contribution in [0.3, 0.4) is 0 Å². The zero-order chi connectivity index (χ0) is 20.3. The summed E-state index contributed by atoms with van der Waals surface area (Å²) in [5.74, 6) is 0.921. The van der Waals surface area contributed by atoms with Crippen LogP contribution in [0.2, 0.25) is 0 Å². The molecule has 1 amide bonds. The van der Waals surface area contributed by atoms with E-state index in [-0.39, 0.29) is 18.2 Å². The number of Topliss-reactive ketones (excluding diaryl/α,β-unsaturated/α-hetero) is 1. The number of furan rings is 1. The molecular formula is C21H27N3O4S. The maximum atomic E-state index is 12.1. The lowest BCUT2D eigenvalue weighted by atomic mass is 10.1. The van der Waals surface area contributed by atoms with Gasteiger partial charge in [0.1, 0.15) is 0 Å². The summed E-state index contributed by atoms with van der Waals surface area (Å²) in [4.78, 5) is 30.7. The number of hydrogen-bond donors (Lipinski definition) is 1. The summed E-state index contributed by atoms with van der Waals surface area (Å²) >= 11 is 1.49. The van der Waals surface area contributed by atoms with Gasteiger partial charge in [-0.2, -0.15) is 0 Å². The molecule has 0 radical (unpaired) electrons. The van der Waals surface area contributed by atoms with E-state index in [1.165, 1.54) is 17.3 Å². The fraction of sp³-hybridized carbons (Fsp3) is 0.476. The Bertz CT molecular complexity index is 776. The average molecular weight is 418 g/mol. The number of thioether (sulfide) groups is 1. The molecule has 7 nitrogen and oxygen atoms in total. The van der Waals surface area contributed by atoms with Crippen LogP contribution in [0.1, 0.15) is 23.2 Å². The molecule has 0 atom stereocenters. The van der Waals surface area contributed by atoms with E-state index in [0.717, 1.165) is 44.1 Å². The molecule has 0 aliphatic carbocycles. The lowest BCUT2D eigenvalue weighted by Crippen LogP contribution is -2.35. The molecule has 1 N–H and O–H groups in total. The standard InChI is InChI=1S/C21H27N3O4S/c25-20(12-23-21(26)16-29-15-18-4-8-28-14-18)2-1-19-11-17(3-5-22-19)13-24-6-9-27-10-7-24/h3-5,8,11,14H,1-2,6-7,9-10,12-13,15-16H2,(H,23,26). The number of aryl methyl sites for hydroxylation is 1. The predicted molar refractivity (Wildman–Crippen MR) is 112 cm³/mol. The van der Waals surface area contributed by atoms with Crippen molar-refractivity contribution in [1.29, 1.82) is 0 Å². The number of nitrogens with one attached hydrogen (secondary N) is 1. The first-order valence-electron chi connectivity index (χ1n) is 9.80. The van der Waals surface area contributed by atoms with Gasteiger partial charge in [-0.1, -0.05) is 0 Å². The molecule has 0 unspecified atom stereocenters. The number of ether oxygens (including phenoxy) is 1. The molecule has 3 rings (SSSR count). The molecule has 1 saturated heterocycles. The van der Waals surface area contributed by atoms with E-state index in [0.29, 0.717) is 24.3 Å². The van der Waals surface area contributed by atoms with Gasteiger partial charge >= 0.3 is 0 Å². The van der Waals surface area contributed by atoms with Crippen molar-refractivity contribution in [2.45, 2.75) is 25.1 Å². The van der Waals surface area contributed by atoms with Crippen molar-refractivity contribution >= 4 is 23.5 Å². The fourth-order valence-corrected chi connectivity index (χ4v) is 3.81. The summed E-state index contributed by atoms with van der Waals surface area (Å²) in [6, 6.07) is 5.95. The Hall–Kier alpha value is -2.16. The van der Waals surface area contributed by atoms with Crippen LogP contribution < -0.4 is 5.32 Å². The van der Waals surface area contributed by atoms with Crippen LogP contribution >= 0.6 is 11.8 Å². The van der Waals surface area contributed by atoms with Gasteiger partial charge in [0.15, 0.2) is 5.78 Å². The molecular weight excluding hydrogens is 390 g/mol. The summed E-state index contributed by atoms with van der Waals surface area (Å²) < 4.78 is 10.4. The zero-order valence-electron chi connectivity index (χ0n) is 16.5. The normalized spacial score (nSPS) is 14.6. The van der Waals surface area contributed by atoms with E-state index in [9.17, 15) is 9.59 Å². The van der Waals surface area contributed by atoms with Gasteiger partial charge < -0.3 is 14.5 Å². The molecule has 8 heteroatoms. The van der Waals surface area contributed by atoms with Gasteiger partial charge in [-0.15, -0.1) is 11.8 Å². The molecule has 1 fully saturated rings. The van der Waals surface area contributed by atoms with E-state index in [2.05, 4.69) is 21.3 Å². The Balaban J connectivity index is 1.32. The van der Waals surface area contributed by atoms with E-state index in [1.54, 1.807) is 18.7 Å². The van der Waals surface area contributed by atoms with Gasteiger partial charge in [-0.05, 0) is 30.2 Å². The Morgan fingerprint density at radius 3 is 2.86 bits per heavy atom. The minimum absolute atomic E-state index is 0.0126. The smallest absolute Gasteiger partial charge is 0.230 e. The number of hydrogen-bond acceptors (Lipinski definition) is 7. The first-order valence-corrected chi connectivity index (χ1v) is 11.0. The van der Waals surface area contributed by atoms with Crippen LogP contribution in [-0.2, 0) is 33.0 Å². The molecule has 156 valence electrons. The molecule has 0 aromatic carbocycles. The molecule has 1 aliphatic rings. The number of carbonyl (C=O) groups is 2. The highest BCUT2D eigenvalue weighted by Crippen LogP contribution is 2.12. The second-order valence-corrected chi connectivity index (χ2v) is 7.97. The maximum Gasteiger partial charge on any atom is 0.230 e. The van der Waals surface area contributed by atoms with Crippen molar-refractivity contribution in [2.24, 2.45) is 0 Å². The quantitative estimate of drug-likeness (QED) is 0.599. The van der Waals surface area contributed by atoms with Crippen molar-refractivity contribution in [1.82, 2.24) is 15.2 Å². The summed E-state index contributed by atoms with van der Waals surface area (Å²) in [6.07, 6.45) is 6.03. The Morgan fingerprint density at radius 1 is 1.21 bits per heavy atom. The number of aromatic nitrogens is 1. The number of amides is 1. The lowest BCUT2D eigenvalue weighted by molar-refractivity contribution is -0.123. The third-order valence-electron chi connectivity index (χ3n) is 4.62. The molecule has 0 bridgehead atoms. The van der Waals surface area contributed by atoms with Gasteiger partial charge in [0.2, 0.25) is 5.91 Å². The van der Waals surface area contributed by atoms with Gasteiger partial charge in [-0.25, -0.2) is 0 Å². The predicted octanol–water partition coefficient (Wildman–Crippen LogP) is 2.06. The van der Waals surface area contributed by atoms with Crippen molar-refractivity contribution in [3.8, 4) is 0 Å². The topological polar surface area (TPSA) is 84.7 Å². The minimum Gasteiger partial charge on any atom is -0.472 e. The SMILES string of the molecule is O=C(CCc1cc(CN2CCOCC2)ccn1)CNC(=O)CSCc1ccoc1. The van der Waals surface area contributed by atoms with Crippen molar-refractivity contribution in [3.05, 3.63) is 53.7 Å². The van der Waals surface area contributed by atoms with Crippen LogP contribution in [0.25, 0.3) is 0 Å². The number of ketones is 1. The van der Waals surface area contributed by atoms with Crippen LogP contribution in [0, 0.1) is 0 Å². The van der Waals surface area contributed by atoms with E-state index < -0.39 is 0 Å². The number of pyridine rings is 1. The minimum atomic E-state index is -0.127. The highest BCUT2D eigenvalue weighted by atomic mass is 32.2. The number of nitrogens with zero attached hydrogens (tertiary/aromatic N) is 2. The fourth-order valence-electron chi connectivity index (χ4n) is 3.02. The Labute approximate surface area is 175 Å². The van der Waals surface area contributed by atoms with Crippen LogP contribution in [0.4, 0.5) is 0 Å². The number of carbonyl (C=O) groups excluding carboxylic acids is 2. The van der Waals surface area contributed by atoms with Crippen LogP contribution in [0.5, 0.6) is 0 Å².